The Hall–Kier alpha value is -1.59. The van der Waals surface area contributed by atoms with E-state index in [1.165, 1.54) is 37.9 Å². The van der Waals surface area contributed by atoms with Gasteiger partial charge < -0.3 is 10.0 Å². The van der Waals surface area contributed by atoms with Crippen molar-refractivity contribution in [2.75, 3.05) is 32.0 Å². The zero-order chi connectivity index (χ0) is 14.7. The van der Waals surface area contributed by atoms with Crippen molar-refractivity contribution in [2.24, 2.45) is 0 Å². The Morgan fingerprint density at radius 2 is 1.95 bits per heavy atom. The van der Waals surface area contributed by atoms with Crippen LogP contribution in [0.25, 0.3) is 11.0 Å². The van der Waals surface area contributed by atoms with Gasteiger partial charge in [0.05, 0.1) is 26.2 Å². The van der Waals surface area contributed by atoms with E-state index in [1.54, 1.807) is 4.90 Å². The van der Waals surface area contributed by atoms with E-state index in [4.69, 9.17) is 5.73 Å². The molecule has 0 spiro atoms. The topological polar surface area (TPSA) is 59.5 Å². The first-order chi connectivity index (χ1) is 10.3. The number of nitrogen functional groups attached to an aromatic ring is 1. The lowest BCUT2D eigenvalue weighted by atomic mass is 10.1. The summed E-state index contributed by atoms with van der Waals surface area (Å²) < 4.78 is 4.22. The van der Waals surface area contributed by atoms with Gasteiger partial charge in [-0.1, -0.05) is 12.1 Å². The molecule has 1 aromatic heterocycles. The average Bonchev–Trinajstić information content (AvgIpc) is 2.79. The number of rotatable bonds is 5. The number of piperidine rings is 1. The highest BCUT2D eigenvalue weighted by Crippen LogP contribution is 2.15. The first-order valence-corrected chi connectivity index (χ1v) is 8.02. The molecule has 1 aliphatic heterocycles. The number of nitrogens with one attached hydrogen (secondary N) is 1. The van der Waals surface area contributed by atoms with E-state index in [9.17, 15) is 5.11 Å². The van der Waals surface area contributed by atoms with E-state index in [0.717, 1.165) is 24.6 Å². The minimum Gasteiger partial charge on any atom is -0.393 e. The number of likely N-dealkylation sites (tertiary alicyclic amines) is 1. The van der Waals surface area contributed by atoms with Crippen LogP contribution in [-0.4, -0.2) is 35.9 Å². The van der Waals surface area contributed by atoms with Crippen molar-refractivity contribution in [2.45, 2.75) is 32.4 Å². The fourth-order valence-electron chi connectivity index (χ4n) is 3.45. The molecule has 0 bridgehead atoms. The van der Waals surface area contributed by atoms with E-state index in [0.29, 0.717) is 6.54 Å². The molecule has 0 radical (unpaired) electrons. The summed E-state index contributed by atoms with van der Waals surface area (Å²) in [4.78, 5) is 1.69. The molecule has 1 aromatic carbocycles. The largest absolute Gasteiger partial charge is 0.393 e. The fourth-order valence-corrected chi connectivity index (χ4v) is 3.45. The van der Waals surface area contributed by atoms with E-state index in [1.807, 2.05) is 10.6 Å². The van der Waals surface area contributed by atoms with Crippen molar-refractivity contribution >= 4 is 17.0 Å². The molecule has 2 heterocycles. The van der Waals surface area contributed by atoms with Gasteiger partial charge in [0.1, 0.15) is 24.1 Å². The highest BCUT2D eigenvalue weighted by molar-refractivity contribution is 5.73. The number of hydrogen-bond donors (Lipinski definition) is 3. The number of benzene rings is 1. The van der Waals surface area contributed by atoms with Crippen LogP contribution >= 0.6 is 0 Å². The Morgan fingerprint density at radius 3 is 2.71 bits per heavy atom. The summed E-state index contributed by atoms with van der Waals surface area (Å²) in [6, 6.07) is 8.27. The minimum atomic E-state index is 0.111. The summed E-state index contributed by atoms with van der Waals surface area (Å²) >= 11 is 0. The molecular weight excluding hydrogens is 264 g/mol. The molecule has 2 aromatic rings. The second kappa shape index (κ2) is 6.45. The molecule has 0 atom stereocenters. The van der Waals surface area contributed by atoms with Gasteiger partial charge in [-0.3, -0.25) is 5.73 Å². The lowest BCUT2D eigenvalue weighted by Gasteiger charge is -2.22. The molecular formula is C16H26N4O+2. The van der Waals surface area contributed by atoms with Crippen molar-refractivity contribution < 1.29 is 14.6 Å². The van der Waals surface area contributed by atoms with Crippen LogP contribution in [0.3, 0.4) is 0 Å². The normalized spacial score (nSPS) is 16.6. The zero-order valence-electron chi connectivity index (χ0n) is 12.6. The Morgan fingerprint density at radius 1 is 1.19 bits per heavy atom. The van der Waals surface area contributed by atoms with Crippen molar-refractivity contribution in [1.82, 2.24) is 4.57 Å². The maximum atomic E-state index is 9.26. The Labute approximate surface area is 125 Å². The predicted octanol–water partition coefficient (Wildman–Crippen LogP) is -0.428. The number of aliphatic hydroxyl groups excluding tert-OH is 1. The van der Waals surface area contributed by atoms with Gasteiger partial charge in [-0.15, -0.1) is 0 Å². The highest BCUT2D eigenvalue weighted by Gasteiger charge is 2.22. The monoisotopic (exact) mass is 290 g/mol. The molecule has 4 N–H and O–H groups in total. The lowest BCUT2D eigenvalue weighted by Crippen LogP contribution is -3.13. The van der Waals surface area contributed by atoms with E-state index >= 15 is 0 Å². The Balaban J connectivity index is 1.85. The van der Waals surface area contributed by atoms with Gasteiger partial charge in [-0.05, 0) is 31.4 Å². The third kappa shape index (κ3) is 2.89. The van der Waals surface area contributed by atoms with Gasteiger partial charge in [0.15, 0.2) is 0 Å². The Kier molecular flexibility index (Phi) is 4.41. The van der Waals surface area contributed by atoms with Crippen LogP contribution < -0.4 is 15.2 Å². The molecule has 1 fully saturated rings. The Bertz CT molecular complexity index is 602. The van der Waals surface area contributed by atoms with Gasteiger partial charge in [-0.2, -0.15) is 0 Å². The molecule has 21 heavy (non-hydrogen) atoms. The summed E-state index contributed by atoms with van der Waals surface area (Å²) in [5.74, 6) is 0.752. The number of anilines is 1. The van der Waals surface area contributed by atoms with E-state index in [2.05, 4.69) is 22.8 Å². The maximum absolute atomic E-state index is 9.26. The van der Waals surface area contributed by atoms with Crippen LogP contribution in [0, 0.1) is 0 Å². The first-order valence-electron chi connectivity index (χ1n) is 8.02. The van der Waals surface area contributed by atoms with E-state index in [-0.39, 0.29) is 6.61 Å². The van der Waals surface area contributed by atoms with Crippen LogP contribution in [0.15, 0.2) is 24.3 Å². The van der Waals surface area contributed by atoms with Crippen molar-refractivity contribution in [3.63, 3.8) is 0 Å². The van der Waals surface area contributed by atoms with Gasteiger partial charge in [0, 0.05) is 0 Å². The van der Waals surface area contributed by atoms with Crippen LogP contribution in [0.1, 0.15) is 19.3 Å². The molecule has 1 saturated heterocycles. The number of hydrogen-bond acceptors (Lipinski definition) is 2. The number of quaternary nitrogens is 1. The molecule has 0 aliphatic carbocycles. The highest BCUT2D eigenvalue weighted by atomic mass is 16.3. The summed E-state index contributed by atoms with van der Waals surface area (Å²) in [5.41, 5.74) is 8.60. The van der Waals surface area contributed by atoms with Crippen LogP contribution in [0.2, 0.25) is 0 Å². The quantitative estimate of drug-likeness (QED) is 0.655. The number of nitrogens with zero attached hydrogens (tertiary/aromatic N) is 2. The SMILES string of the molecule is Nc1n(CCO)c2ccccc2[n+]1CC[NH+]1CCCCC1. The number of aliphatic hydroxyl groups is 1. The molecule has 3 rings (SSSR count). The van der Waals surface area contributed by atoms with Gasteiger partial charge in [-0.25, -0.2) is 9.13 Å². The number of aromatic nitrogens is 2. The second-order valence-corrected chi connectivity index (χ2v) is 5.93. The third-order valence-electron chi connectivity index (χ3n) is 4.59. The summed E-state index contributed by atoms with van der Waals surface area (Å²) in [5, 5.41) is 9.26. The van der Waals surface area contributed by atoms with Gasteiger partial charge in [0.25, 0.3) is 0 Å². The summed E-state index contributed by atoms with van der Waals surface area (Å²) in [7, 11) is 0. The molecule has 0 amide bonds. The van der Waals surface area contributed by atoms with Gasteiger partial charge in [0.2, 0.25) is 0 Å². The number of para-hydroxylation sites is 2. The predicted molar refractivity (Wildman–Crippen MR) is 83.0 cm³/mol. The van der Waals surface area contributed by atoms with Crippen LogP contribution in [0.4, 0.5) is 5.95 Å². The molecule has 5 nitrogen and oxygen atoms in total. The molecule has 1 aliphatic rings. The lowest BCUT2D eigenvalue weighted by molar-refractivity contribution is -0.921. The number of fused-ring (bicyclic) bond motifs is 1. The zero-order valence-corrected chi connectivity index (χ0v) is 12.6. The van der Waals surface area contributed by atoms with Gasteiger partial charge >= 0.3 is 5.95 Å². The summed E-state index contributed by atoms with van der Waals surface area (Å²) in [6.07, 6.45) is 4.08. The maximum Gasteiger partial charge on any atom is 0.356 e. The van der Waals surface area contributed by atoms with Crippen molar-refractivity contribution in [1.29, 1.82) is 0 Å². The smallest absolute Gasteiger partial charge is 0.356 e. The average molecular weight is 290 g/mol. The standard InChI is InChI=1S/C16H24N4O/c17-16-19(11-10-18-8-4-1-5-9-18)14-6-2-3-7-15(14)20(16)12-13-21/h2-3,6-7,17,21H,1,4-5,8-13H2/p+2. The minimum absolute atomic E-state index is 0.111. The molecule has 114 valence electrons. The van der Waals surface area contributed by atoms with Crippen molar-refractivity contribution in [3.05, 3.63) is 24.3 Å². The third-order valence-corrected chi connectivity index (χ3v) is 4.59. The first kappa shape index (κ1) is 14.4. The molecule has 0 saturated carbocycles. The number of nitrogens with two attached hydrogens (primary N) is 1. The summed E-state index contributed by atoms with van der Waals surface area (Å²) in [6.45, 7) is 5.31. The van der Waals surface area contributed by atoms with E-state index < -0.39 is 0 Å². The van der Waals surface area contributed by atoms with Crippen LogP contribution in [0.5, 0.6) is 0 Å². The second-order valence-electron chi connectivity index (χ2n) is 5.93. The molecule has 0 unspecified atom stereocenters. The van der Waals surface area contributed by atoms with Crippen LogP contribution in [-0.2, 0) is 13.1 Å². The fraction of sp³-hybridized carbons (Fsp3) is 0.562. The molecule has 5 heteroatoms. The van der Waals surface area contributed by atoms with Crippen molar-refractivity contribution in [3.8, 4) is 0 Å². The number of imidazole rings is 1.